The molecule has 0 spiro atoms. The minimum Gasteiger partial charge on any atom is -0.355 e. The SMILES string of the molecule is Cc1ccc(-c2oncc2CNCC(C)C)s1. The quantitative estimate of drug-likeness (QED) is 0.883. The van der Waals surface area contributed by atoms with Crippen molar-refractivity contribution < 1.29 is 4.52 Å². The van der Waals surface area contributed by atoms with Crippen molar-refractivity contribution >= 4 is 11.3 Å². The van der Waals surface area contributed by atoms with E-state index in [2.05, 4.69) is 43.4 Å². The summed E-state index contributed by atoms with van der Waals surface area (Å²) in [6.45, 7) is 8.32. The molecule has 0 aliphatic rings. The van der Waals surface area contributed by atoms with Crippen molar-refractivity contribution in [1.29, 1.82) is 0 Å². The van der Waals surface area contributed by atoms with E-state index in [1.807, 2.05) is 0 Å². The Labute approximate surface area is 106 Å². The third kappa shape index (κ3) is 3.17. The van der Waals surface area contributed by atoms with E-state index in [1.165, 1.54) is 4.88 Å². The molecule has 92 valence electrons. The molecule has 0 aliphatic carbocycles. The number of nitrogens with one attached hydrogen (secondary N) is 1. The maximum absolute atomic E-state index is 5.34. The van der Waals surface area contributed by atoms with Crippen LogP contribution >= 0.6 is 11.3 Å². The van der Waals surface area contributed by atoms with Crippen LogP contribution in [0.15, 0.2) is 22.9 Å². The van der Waals surface area contributed by atoms with E-state index in [9.17, 15) is 0 Å². The molecule has 0 bridgehead atoms. The van der Waals surface area contributed by atoms with Crippen LogP contribution in [-0.2, 0) is 6.54 Å². The molecular formula is C13H18N2OS. The number of hydrogen-bond donors (Lipinski definition) is 1. The van der Waals surface area contributed by atoms with E-state index in [1.54, 1.807) is 17.5 Å². The fourth-order valence-corrected chi connectivity index (χ4v) is 2.52. The van der Waals surface area contributed by atoms with Gasteiger partial charge in [-0.3, -0.25) is 0 Å². The minimum atomic E-state index is 0.655. The van der Waals surface area contributed by atoms with Gasteiger partial charge in [0.25, 0.3) is 0 Å². The molecular weight excluding hydrogens is 232 g/mol. The zero-order valence-electron chi connectivity index (χ0n) is 10.5. The zero-order valence-corrected chi connectivity index (χ0v) is 11.3. The van der Waals surface area contributed by atoms with Crippen molar-refractivity contribution in [3.8, 4) is 10.6 Å². The lowest BCUT2D eigenvalue weighted by atomic mass is 10.2. The van der Waals surface area contributed by atoms with Gasteiger partial charge in [-0.2, -0.15) is 0 Å². The first-order valence-corrected chi connectivity index (χ1v) is 6.69. The Bertz CT molecular complexity index is 473. The van der Waals surface area contributed by atoms with Crippen molar-refractivity contribution in [1.82, 2.24) is 10.5 Å². The number of nitrogens with zero attached hydrogens (tertiary/aromatic N) is 1. The number of thiophene rings is 1. The van der Waals surface area contributed by atoms with Crippen LogP contribution in [0.4, 0.5) is 0 Å². The third-order valence-electron chi connectivity index (χ3n) is 2.48. The molecule has 0 atom stereocenters. The van der Waals surface area contributed by atoms with Gasteiger partial charge in [-0.15, -0.1) is 11.3 Å². The monoisotopic (exact) mass is 250 g/mol. The first-order valence-electron chi connectivity index (χ1n) is 5.88. The van der Waals surface area contributed by atoms with Crippen molar-refractivity contribution in [3.05, 3.63) is 28.8 Å². The molecule has 2 aromatic heterocycles. The highest BCUT2D eigenvalue weighted by molar-refractivity contribution is 7.15. The van der Waals surface area contributed by atoms with Crippen LogP contribution in [0, 0.1) is 12.8 Å². The fraction of sp³-hybridized carbons (Fsp3) is 0.462. The van der Waals surface area contributed by atoms with Gasteiger partial charge in [-0.05, 0) is 31.5 Å². The summed E-state index contributed by atoms with van der Waals surface area (Å²) in [6, 6.07) is 4.19. The third-order valence-corrected chi connectivity index (χ3v) is 3.48. The van der Waals surface area contributed by atoms with Crippen LogP contribution in [0.2, 0.25) is 0 Å². The van der Waals surface area contributed by atoms with Crippen LogP contribution in [0.5, 0.6) is 0 Å². The number of rotatable bonds is 5. The van der Waals surface area contributed by atoms with E-state index in [0.29, 0.717) is 5.92 Å². The van der Waals surface area contributed by atoms with E-state index in [4.69, 9.17) is 4.52 Å². The molecule has 2 aromatic rings. The molecule has 4 heteroatoms. The largest absolute Gasteiger partial charge is 0.355 e. The van der Waals surface area contributed by atoms with Gasteiger partial charge in [-0.25, -0.2) is 0 Å². The first-order chi connectivity index (χ1) is 8.16. The summed E-state index contributed by atoms with van der Waals surface area (Å²) < 4.78 is 5.34. The lowest BCUT2D eigenvalue weighted by molar-refractivity contribution is 0.432. The molecule has 0 saturated carbocycles. The predicted octanol–water partition coefficient (Wildman–Crippen LogP) is 3.46. The van der Waals surface area contributed by atoms with E-state index < -0.39 is 0 Å². The molecule has 0 saturated heterocycles. The van der Waals surface area contributed by atoms with Gasteiger partial charge in [0.15, 0.2) is 5.76 Å². The number of aromatic nitrogens is 1. The minimum absolute atomic E-state index is 0.655. The van der Waals surface area contributed by atoms with Crippen LogP contribution < -0.4 is 5.32 Å². The topological polar surface area (TPSA) is 38.1 Å². The maximum atomic E-state index is 5.34. The van der Waals surface area contributed by atoms with Crippen molar-refractivity contribution in [3.63, 3.8) is 0 Å². The van der Waals surface area contributed by atoms with Gasteiger partial charge in [-0.1, -0.05) is 19.0 Å². The van der Waals surface area contributed by atoms with Gasteiger partial charge in [0, 0.05) is 17.0 Å². The Morgan fingerprint density at radius 1 is 1.41 bits per heavy atom. The Kier molecular flexibility index (Phi) is 3.97. The smallest absolute Gasteiger partial charge is 0.181 e. The summed E-state index contributed by atoms with van der Waals surface area (Å²) in [5, 5.41) is 7.31. The molecule has 2 heterocycles. The van der Waals surface area contributed by atoms with Crippen LogP contribution in [0.1, 0.15) is 24.3 Å². The summed E-state index contributed by atoms with van der Waals surface area (Å²) in [6.07, 6.45) is 1.80. The van der Waals surface area contributed by atoms with Crippen molar-refractivity contribution in [2.45, 2.75) is 27.3 Å². The summed E-state index contributed by atoms with van der Waals surface area (Å²) in [4.78, 5) is 2.44. The van der Waals surface area contributed by atoms with Gasteiger partial charge < -0.3 is 9.84 Å². The highest BCUT2D eigenvalue weighted by Crippen LogP contribution is 2.30. The lowest BCUT2D eigenvalue weighted by Gasteiger charge is -2.06. The van der Waals surface area contributed by atoms with E-state index in [0.717, 1.165) is 29.3 Å². The molecule has 3 nitrogen and oxygen atoms in total. The van der Waals surface area contributed by atoms with Crippen LogP contribution in [0.3, 0.4) is 0 Å². The highest BCUT2D eigenvalue weighted by Gasteiger charge is 2.12. The predicted molar refractivity (Wildman–Crippen MR) is 71.1 cm³/mol. The second-order valence-electron chi connectivity index (χ2n) is 4.62. The van der Waals surface area contributed by atoms with Gasteiger partial charge >= 0.3 is 0 Å². The van der Waals surface area contributed by atoms with E-state index in [-0.39, 0.29) is 0 Å². The molecule has 1 N–H and O–H groups in total. The van der Waals surface area contributed by atoms with E-state index >= 15 is 0 Å². The number of hydrogen-bond acceptors (Lipinski definition) is 4. The highest BCUT2D eigenvalue weighted by atomic mass is 32.1. The Hall–Kier alpha value is -1.13. The summed E-state index contributed by atoms with van der Waals surface area (Å²) in [7, 11) is 0. The second kappa shape index (κ2) is 5.47. The van der Waals surface area contributed by atoms with Gasteiger partial charge in [0.05, 0.1) is 11.1 Å². The fourth-order valence-electron chi connectivity index (χ4n) is 1.64. The molecule has 0 radical (unpaired) electrons. The molecule has 0 unspecified atom stereocenters. The zero-order chi connectivity index (χ0) is 12.3. The van der Waals surface area contributed by atoms with Crippen molar-refractivity contribution in [2.24, 2.45) is 5.92 Å². The molecule has 0 aromatic carbocycles. The Morgan fingerprint density at radius 2 is 2.24 bits per heavy atom. The summed E-state index contributed by atoms with van der Waals surface area (Å²) in [5.41, 5.74) is 1.13. The summed E-state index contributed by atoms with van der Waals surface area (Å²) >= 11 is 1.74. The Balaban J connectivity index is 2.07. The first kappa shape index (κ1) is 12.3. The molecule has 0 aliphatic heterocycles. The second-order valence-corrected chi connectivity index (χ2v) is 5.90. The lowest BCUT2D eigenvalue weighted by Crippen LogP contribution is -2.18. The van der Waals surface area contributed by atoms with Crippen LogP contribution in [0.25, 0.3) is 10.6 Å². The average molecular weight is 250 g/mol. The molecule has 0 fully saturated rings. The Morgan fingerprint density at radius 3 is 2.88 bits per heavy atom. The standard InChI is InChI=1S/C13H18N2OS/c1-9(2)6-14-7-11-8-15-16-13(11)12-5-4-10(3)17-12/h4-5,8-9,14H,6-7H2,1-3H3. The van der Waals surface area contributed by atoms with Crippen LogP contribution in [-0.4, -0.2) is 11.7 Å². The molecule has 2 rings (SSSR count). The van der Waals surface area contributed by atoms with Gasteiger partial charge in [0.2, 0.25) is 0 Å². The number of aryl methyl sites for hydroxylation is 1. The molecule has 0 amide bonds. The van der Waals surface area contributed by atoms with Gasteiger partial charge in [0.1, 0.15) is 0 Å². The maximum Gasteiger partial charge on any atom is 0.181 e. The van der Waals surface area contributed by atoms with Crippen molar-refractivity contribution in [2.75, 3.05) is 6.54 Å². The molecule has 17 heavy (non-hydrogen) atoms. The summed E-state index contributed by atoms with van der Waals surface area (Å²) in [5.74, 6) is 1.56. The average Bonchev–Trinajstić information content (AvgIpc) is 2.86. The normalized spacial score (nSPS) is 11.3.